The van der Waals surface area contributed by atoms with E-state index in [0.29, 0.717) is 12.4 Å². The first-order valence-electron chi connectivity index (χ1n) is 8.28. The molecule has 0 bridgehead atoms. The van der Waals surface area contributed by atoms with E-state index in [1.165, 1.54) is 18.4 Å². The molecule has 0 spiro atoms. The van der Waals surface area contributed by atoms with Gasteiger partial charge >= 0.3 is 5.69 Å². The van der Waals surface area contributed by atoms with Gasteiger partial charge in [0, 0.05) is 20.6 Å². The van der Waals surface area contributed by atoms with Crippen molar-refractivity contribution in [2.75, 3.05) is 20.6 Å². The Kier molecular flexibility index (Phi) is 5.07. The van der Waals surface area contributed by atoms with Crippen molar-refractivity contribution in [2.45, 2.75) is 36.7 Å². The molecule has 1 aliphatic rings. The Hall–Kier alpha value is -1.97. The van der Waals surface area contributed by atoms with Gasteiger partial charge in [-0.15, -0.1) is 0 Å². The van der Waals surface area contributed by atoms with Gasteiger partial charge in [0.25, 0.3) is 0 Å². The first-order valence-corrected chi connectivity index (χ1v) is 9.72. The highest BCUT2D eigenvalue weighted by Gasteiger charge is 2.27. The number of aromatic nitrogens is 3. The predicted molar refractivity (Wildman–Crippen MR) is 93.5 cm³/mol. The average molecular weight is 365 g/mol. The standard InChI is InChI=1S/C16H23N5O3S/c1-20(2)25(23,24)13-7-5-6-12(10-13)11-21-9-4-3-8-14(21)15-17-16(22)19-18-15/h5-7,10,14H,3-4,8-9,11H2,1-2H3,(H2,17,18,19,22). The lowest BCUT2D eigenvalue weighted by Crippen LogP contribution is -2.33. The molecule has 1 aliphatic heterocycles. The first kappa shape index (κ1) is 17.8. The number of H-pyrrole nitrogens is 2. The molecule has 0 radical (unpaired) electrons. The Bertz CT molecular complexity index is 887. The summed E-state index contributed by atoms with van der Waals surface area (Å²) < 4.78 is 25.9. The fourth-order valence-electron chi connectivity index (χ4n) is 3.18. The summed E-state index contributed by atoms with van der Waals surface area (Å²) >= 11 is 0. The summed E-state index contributed by atoms with van der Waals surface area (Å²) in [6.07, 6.45) is 3.06. The van der Waals surface area contributed by atoms with E-state index >= 15 is 0 Å². The van der Waals surface area contributed by atoms with Crippen LogP contribution in [0.4, 0.5) is 0 Å². The Balaban J connectivity index is 1.84. The molecule has 0 aliphatic carbocycles. The molecule has 2 aromatic rings. The number of piperidine rings is 1. The lowest BCUT2D eigenvalue weighted by atomic mass is 10.0. The fraction of sp³-hybridized carbons (Fsp3) is 0.500. The van der Waals surface area contributed by atoms with Crippen molar-refractivity contribution < 1.29 is 8.42 Å². The van der Waals surface area contributed by atoms with Crippen LogP contribution in [-0.2, 0) is 16.6 Å². The quantitative estimate of drug-likeness (QED) is 0.825. The first-order chi connectivity index (χ1) is 11.9. The van der Waals surface area contributed by atoms with Gasteiger partial charge in [0.2, 0.25) is 10.0 Å². The third-order valence-electron chi connectivity index (χ3n) is 4.51. The molecule has 1 atom stereocenters. The van der Waals surface area contributed by atoms with Crippen LogP contribution in [0.3, 0.4) is 0 Å². The second-order valence-corrected chi connectivity index (χ2v) is 8.63. The smallest absolute Gasteiger partial charge is 0.292 e. The topological polar surface area (TPSA) is 102 Å². The van der Waals surface area contributed by atoms with E-state index in [4.69, 9.17) is 0 Å². The van der Waals surface area contributed by atoms with Crippen LogP contribution < -0.4 is 5.69 Å². The summed E-state index contributed by atoms with van der Waals surface area (Å²) in [5.74, 6) is 0.641. The van der Waals surface area contributed by atoms with Crippen molar-refractivity contribution in [3.05, 3.63) is 46.1 Å². The van der Waals surface area contributed by atoms with E-state index in [-0.39, 0.29) is 16.6 Å². The summed E-state index contributed by atoms with van der Waals surface area (Å²) in [7, 11) is -0.404. The fourth-order valence-corrected chi connectivity index (χ4v) is 4.15. The average Bonchev–Trinajstić information content (AvgIpc) is 3.02. The summed E-state index contributed by atoms with van der Waals surface area (Å²) in [4.78, 5) is 16.6. The third kappa shape index (κ3) is 3.83. The van der Waals surface area contributed by atoms with Crippen LogP contribution in [0.25, 0.3) is 0 Å². The van der Waals surface area contributed by atoms with Gasteiger partial charge in [0.05, 0.1) is 10.9 Å². The minimum Gasteiger partial charge on any atom is -0.292 e. The van der Waals surface area contributed by atoms with Crippen LogP contribution in [0.15, 0.2) is 34.0 Å². The lowest BCUT2D eigenvalue weighted by Gasteiger charge is -2.34. The number of rotatable bonds is 5. The number of nitrogens with one attached hydrogen (secondary N) is 2. The van der Waals surface area contributed by atoms with Gasteiger partial charge in [-0.2, -0.15) is 5.10 Å². The Labute approximate surface area is 146 Å². The van der Waals surface area contributed by atoms with Crippen molar-refractivity contribution in [3.8, 4) is 0 Å². The van der Waals surface area contributed by atoms with E-state index in [1.54, 1.807) is 18.2 Å². The highest BCUT2D eigenvalue weighted by atomic mass is 32.2. The van der Waals surface area contributed by atoms with Gasteiger partial charge in [0.15, 0.2) is 0 Å². The molecule has 1 aromatic heterocycles. The molecular formula is C16H23N5O3S. The van der Waals surface area contributed by atoms with Crippen molar-refractivity contribution in [1.29, 1.82) is 0 Å². The van der Waals surface area contributed by atoms with Crippen molar-refractivity contribution in [2.24, 2.45) is 0 Å². The van der Waals surface area contributed by atoms with Crippen molar-refractivity contribution in [3.63, 3.8) is 0 Å². The highest BCUT2D eigenvalue weighted by molar-refractivity contribution is 7.89. The monoisotopic (exact) mass is 365 g/mol. The van der Waals surface area contributed by atoms with Gasteiger partial charge in [-0.3, -0.25) is 9.88 Å². The Morgan fingerprint density at radius 1 is 1.32 bits per heavy atom. The van der Waals surface area contributed by atoms with E-state index in [9.17, 15) is 13.2 Å². The number of hydrogen-bond donors (Lipinski definition) is 2. The van der Waals surface area contributed by atoms with Gasteiger partial charge in [0.1, 0.15) is 5.82 Å². The zero-order valence-electron chi connectivity index (χ0n) is 14.4. The number of hydrogen-bond acceptors (Lipinski definition) is 5. The molecule has 3 rings (SSSR count). The minimum absolute atomic E-state index is 0.0295. The maximum Gasteiger partial charge on any atom is 0.340 e. The largest absolute Gasteiger partial charge is 0.340 e. The van der Waals surface area contributed by atoms with Gasteiger partial charge < -0.3 is 0 Å². The normalized spacial score (nSPS) is 19.4. The molecule has 1 unspecified atom stereocenters. The lowest BCUT2D eigenvalue weighted by molar-refractivity contribution is 0.134. The number of benzene rings is 1. The molecule has 0 amide bonds. The molecule has 2 heterocycles. The van der Waals surface area contributed by atoms with Crippen LogP contribution in [0.2, 0.25) is 0 Å². The van der Waals surface area contributed by atoms with E-state index in [0.717, 1.165) is 31.4 Å². The SMILES string of the molecule is CN(C)S(=O)(=O)c1cccc(CN2CCCCC2c2n[nH]c(=O)[nH]2)c1. The van der Waals surface area contributed by atoms with Gasteiger partial charge in [-0.1, -0.05) is 18.6 Å². The van der Waals surface area contributed by atoms with Crippen LogP contribution in [0.1, 0.15) is 36.7 Å². The summed E-state index contributed by atoms with van der Waals surface area (Å²) in [6, 6.07) is 7.04. The van der Waals surface area contributed by atoms with E-state index < -0.39 is 10.0 Å². The zero-order chi connectivity index (χ0) is 18.0. The molecule has 8 nitrogen and oxygen atoms in total. The highest BCUT2D eigenvalue weighted by Crippen LogP contribution is 2.30. The molecule has 136 valence electrons. The van der Waals surface area contributed by atoms with Gasteiger partial charge in [-0.05, 0) is 37.1 Å². The minimum atomic E-state index is -3.45. The van der Waals surface area contributed by atoms with E-state index in [1.807, 2.05) is 6.07 Å². The molecule has 1 fully saturated rings. The third-order valence-corrected chi connectivity index (χ3v) is 6.32. The van der Waals surface area contributed by atoms with Gasteiger partial charge in [-0.25, -0.2) is 22.6 Å². The second kappa shape index (κ2) is 7.11. The molecule has 2 N–H and O–H groups in total. The number of sulfonamides is 1. The molecule has 25 heavy (non-hydrogen) atoms. The molecule has 1 aromatic carbocycles. The van der Waals surface area contributed by atoms with Crippen LogP contribution in [0, 0.1) is 0 Å². The van der Waals surface area contributed by atoms with Crippen LogP contribution in [0.5, 0.6) is 0 Å². The molecular weight excluding hydrogens is 342 g/mol. The number of aromatic amines is 2. The summed E-state index contributed by atoms with van der Waals surface area (Å²) in [5.41, 5.74) is 0.618. The van der Waals surface area contributed by atoms with Crippen LogP contribution >= 0.6 is 0 Å². The van der Waals surface area contributed by atoms with Crippen LogP contribution in [-0.4, -0.2) is 53.4 Å². The second-order valence-electron chi connectivity index (χ2n) is 6.48. The maximum atomic E-state index is 12.3. The predicted octanol–water partition coefficient (Wildman–Crippen LogP) is 1.08. The molecule has 9 heteroatoms. The molecule has 1 saturated heterocycles. The number of likely N-dealkylation sites (tertiary alicyclic amines) is 1. The Morgan fingerprint density at radius 3 is 2.80 bits per heavy atom. The maximum absolute atomic E-state index is 12.3. The Morgan fingerprint density at radius 2 is 2.12 bits per heavy atom. The molecule has 0 saturated carbocycles. The summed E-state index contributed by atoms with van der Waals surface area (Å²) in [5, 5.41) is 6.49. The summed E-state index contributed by atoms with van der Waals surface area (Å²) in [6.45, 7) is 1.49. The zero-order valence-corrected chi connectivity index (χ0v) is 15.2. The van der Waals surface area contributed by atoms with Crippen molar-refractivity contribution >= 4 is 10.0 Å². The number of nitrogens with zero attached hydrogens (tertiary/aromatic N) is 3. The van der Waals surface area contributed by atoms with E-state index in [2.05, 4.69) is 20.1 Å². The van der Waals surface area contributed by atoms with Crippen molar-refractivity contribution in [1.82, 2.24) is 24.4 Å².